The highest BCUT2D eigenvalue weighted by atomic mass is 16.5. The van der Waals surface area contributed by atoms with Crippen LogP contribution in [0.2, 0.25) is 0 Å². The number of aryl methyl sites for hydroxylation is 2. The highest BCUT2D eigenvalue weighted by Gasteiger charge is 2.41. The van der Waals surface area contributed by atoms with E-state index in [1.54, 1.807) is 12.4 Å². The number of aromatic nitrogens is 2. The van der Waals surface area contributed by atoms with Crippen molar-refractivity contribution in [3.8, 4) is 11.1 Å². The summed E-state index contributed by atoms with van der Waals surface area (Å²) in [6.07, 6.45) is 3.10. The van der Waals surface area contributed by atoms with E-state index in [-0.39, 0.29) is 6.35 Å². The Morgan fingerprint density at radius 3 is 1.84 bits per heavy atom. The molecule has 1 atom stereocenters. The third kappa shape index (κ3) is 3.41. The van der Waals surface area contributed by atoms with Gasteiger partial charge in [-0.1, -0.05) is 48.5 Å². The summed E-state index contributed by atoms with van der Waals surface area (Å²) in [6, 6.07) is 25.2. The maximum Gasteiger partial charge on any atom is 0.221 e. The molecule has 2 heterocycles. The van der Waals surface area contributed by atoms with Gasteiger partial charge >= 0.3 is 0 Å². The van der Waals surface area contributed by atoms with Crippen LogP contribution in [0.4, 0.5) is 23.0 Å². The fourth-order valence-corrected chi connectivity index (χ4v) is 4.51. The van der Waals surface area contributed by atoms with Gasteiger partial charge in [0.05, 0.1) is 0 Å². The van der Waals surface area contributed by atoms with Crippen LogP contribution in [0.5, 0.6) is 0 Å². The van der Waals surface area contributed by atoms with Crippen molar-refractivity contribution in [2.24, 2.45) is 0 Å². The monoisotopic (exact) mass is 422 g/mol. The first-order valence-corrected chi connectivity index (χ1v) is 10.9. The number of hydrogen-bond donors (Lipinski definition) is 0. The van der Waals surface area contributed by atoms with Crippen molar-refractivity contribution in [3.63, 3.8) is 0 Å². The van der Waals surface area contributed by atoms with Gasteiger partial charge < -0.3 is 4.74 Å². The second-order valence-electron chi connectivity index (χ2n) is 7.88. The molecule has 0 radical (unpaired) electrons. The average molecular weight is 423 g/mol. The van der Waals surface area contributed by atoms with Crippen molar-refractivity contribution < 1.29 is 4.74 Å². The van der Waals surface area contributed by atoms with Crippen molar-refractivity contribution in [2.75, 3.05) is 16.4 Å². The van der Waals surface area contributed by atoms with Crippen LogP contribution < -0.4 is 9.80 Å². The van der Waals surface area contributed by atoms with Gasteiger partial charge in [0.1, 0.15) is 0 Å². The van der Waals surface area contributed by atoms with Crippen LogP contribution in [-0.4, -0.2) is 22.9 Å². The van der Waals surface area contributed by atoms with Gasteiger partial charge in [0.25, 0.3) is 0 Å². The molecule has 1 aromatic heterocycles. The third-order valence-corrected chi connectivity index (χ3v) is 5.77. The molecule has 1 unspecified atom stereocenters. The lowest BCUT2D eigenvalue weighted by molar-refractivity contribution is 0.0767. The van der Waals surface area contributed by atoms with Crippen molar-refractivity contribution in [2.45, 2.75) is 27.1 Å². The van der Waals surface area contributed by atoms with E-state index in [0.29, 0.717) is 6.61 Å². The zero-order valence-electron chi connectivity index (χ0n) is 18.6. The number of anilines is 4. The summed E-state index contributed by atoms with van der Waals surface area (Å²) in [4.78, 5) is 13.6. The van der Waals surface area contributed by atoms with Gasteiger partial charge in [0, 0.05) is 30.4 Å². The van der Waals surface area contributed by atoms with Crippen LogP contribution in [0.1, 0.15) is 18.1 Å². The minimum atomic E-state index is -0.374. The van der Waals surface area contributed by atoms with Crippen LogP contribution in [0, 0.1) is 13.8 Å². The Bertz CT molecular complexity index is 1200. The largest absolute Gasteiger partial charge is 0.340 e. The van der Waals surface area contributed by atoms with Gasteiger partial charge in [-0.2, -0.15) is 0 Å². The van der Waals surface area contributed by atoms with Gasteiger partial charge in [-0.3, -0.25) is 9.80 Å². The summed E-state index contributed by atoms with van der Waals surface area (Å²) in [5.41, 5.74) is 6.97. The summed E-state index contributed by atoms with van der Waals surface area (Å²) < 4.78 is 6.29. The quantitative estimate of drug-likeness (QED) is 0.374. The standard InChI is InChI=1S/C27H26N4O/c1-4-32-27-30(22-13-9-6-10-14-22)25-26(29-16-15-28-25)31(27)23-17-19(2)24(20(3)18-23)21-11-7-5-8-12-21/h5-18,27H,4H2,1-3H3. The lowest BCUT2D eigenvalue weighted by Gasteiger charge is -2.32. The molecule has 1 aliphatic heterocycles. The van der Waals surface area contributed by atoms with E-state index < -0.39 is 0 Å². The molecule has 1 aliphatic rings. The summed E-state index contributed by atoms with van der Waals surface area (Å²) in [5, 5.41) is 0. The molecular formula is C27H26N4O. The summed E-state index contributed by atoms with van der Waals surface area (Å²) in [7, 11) is 0. The maximum absolute atomic E-state index is 6.29. The van der Waals surface area contributed by atoms with Crippen LogP contribution in [0.25, 0.3) is 11.1 Å². The molecular weight excluding hydrogens is 396 g/mol. The Morgan fingerprint density at radius 1 is 0.750 bits per heavy atom. The number of fused-ring (bicyclic) bond motifs is 1. The van der Waals surface area contributed by atoms with Gasteiger partial charge in [0.2, 0.25) is 6.35 Å². The van der Waals surface area contributed by atoms with Crippen molar-refractivity contribution in [1.29, 1.82) is 0 Å². The zero-order valence-corrected chi connectivity index (χ0v) is 18.6. The number of nitrogens with zero attached hydrogens (tertiary/aromatic N) is 4. The predicted molar refractivity (Wildman–Crippen MR) is 130 cm³/mol. The van der Waals surface area contributed by atoms with Gasteiger partial charge in [-0.25, -0.2) is 9.97 Å². The molecule has 5 heteroatoms. The molecule has 4 aromatic rings. The SMILES string of the molecule is CCOC1N(c2ccccc2)c2nccnc2N1c1cc(C)c(-c2ccccc2)c(C)c1. The maximum atomic E-state index is 6.29. The van der Waals surface area contributed by atoms with E-state index in [9.17, 15) is 0 Å². The zero-order chi connectivity index (χ0) is 22.1. The topological polar surface area (TPSA) is 41.5 Å². The molecule has 0 saturated carbocycles. The summed E-state index contributed by atoms with van der Waals surface area (Å²) in [5.74, 6) is 1.58. The molecule has 160 valence electrons. The summed E-state index contributed by atoms with van der Waals surface area (Å²) >= 11 is 0. The van der Waals surface area contributed by atoms with E-state index in [4.69, 9.17) is 9.72 Å². The molecule has 0 bridgehead atoms. The third-order valence-electron chi connectivity index (χ3n) is 5.77. The lowest BCUT2D eigenvalue weighted by Crippen LogP contribution is -2.41. The van der Waals surface area contributed by atoms with E-state index in [1.165, 1.54) is 22.3 Å². The second kappa shape index (κ2) is 8.44. The minimum Gasteiger partial charge on any atom is -0.340 e. The van der Waals surface area contributed by atoms with Crippen molar-refractivity contribution in [3.05, 3.63) is 96.3 Å². The fraction of sp³-hybridized carbons (Fsp3) is 0.185. The van der Waals surface area contributed by atoms with E-state index >= 15 is 0 Å². The first-order chi connectivity index (χ1) is 15.7. The Balaban J connectivity index is 1.65. The average Bonchev–Trinajstić information content (AvgIpc) is 3.14. The van der Waals surface area contributed by atoms with Crippen LogP contribution in [0.3, 0.4) is 0 Å². The Kier molecular flexibility index (Phi) is 5.33. The second-order valence-corrected chi connectivity index (χ2v) is 7.88. The highest BCUT2D eigenvalue weighted by molar-refractivity contribution is 5.84. The van der Waals surface area contributed by atoms with E-state index in [2.05, 4.69) is 77.2 Å². The normalized spacial score (nSPS) is 15.2. The minimum absolute atomic E-state index is 0.374. The molecule has 0 amide bonds. The van der Waals surface area contributed by atoms with Crippen LogP contribution >= 0.6 is 0 Å². The van der Waals surface area contributed by atoms with Crippen LogP contribution in [-0.2, 0) is 4.74 Å². The first-order valence-electron chi connectivity index (χ1n) is 10.9. The molecule has 0 spiro atoms. The lowest BCUT2D eigenvalue weighted by atomic mass is 9.95. The Labute approximate surface area is 188 Å². The smallest absolute Gasteiger partial charge is 0.221 e. The number of rotatable bonds is 5. The molecule has 0 saturated heterocycles. The molecule has 5 rings (SSSR count). The van der Waals surface area contributed by atoms with E-state index in [0.717, 1.165) is 23.0 Å². The first kappa shape index (κ1) is 20.2. The predicted octanol–water partition coefficient (Wildman–Crippen LogP) is 6.37. The van der Waals surface area contributed by atoms with Crippen molar-refractivity contribution >= 4 is 23.0 Å². The van der Waals surface area contributed by atoms with E-state index in [1.807, 2.05) is 31.2 Å². The molecule has 5 nitrogen and oxygen atoms in total. The Morgan fingerprint density at radius 2 is 1.28 bits per heavy atom. The highest BCUT2D eigenvalue weighted by Crippen LogP contribution is 2.46. The molecule has 3 aromatic carbocycles. The Hall–Kier alpha value is -3.70. The fourth-order valence-electron chi connectivity index (χ4n) is 4.51. The van der Waals surface area contributed by atoms with Crippen molar-refractivity contribution in [1.82, 2.24) is 9.97 Å². The number of benzene rings is 3. The number of hydrogen-bond acceptors (Lipinski definition) is 5. The molecule has 32 heavy (non-hydrogen) atoms. The van der Waals surface area contributed by atoms with Gasteiger partial charge in [0.15, 0.2) is 11.6 Å². The molecule has 0 N–H and O–H groups in total. The van der Waals surface area contributed by atoms with Crippen LogP contribution in [0.15, 0.2) is 85.2 Å². The van der Waals surface area contributed by atoms with Gasteiger partial charge in [-0.15, -0.1) is 0 Å². The number of para-hydroxylation sites is 1. The number of ether oxygens (including phenoxy) is 1. The summed E-state index contributed by atoms with van der Waals surface area (Å²) in [6.45, 7) is 6.91. The molecule has 0 aliphatic carbocycles. The molecule has 0 fully saturated rings. The van der Waals surface area contributed by atoms with Gasteiger partial charge in [-0.05, 0) is 67.3 Å².